The van der Waals surface area contributed by atoms with Crippen molar-refractivity contribution in [1.29, 1.82) is 0 Å². The molecule has 6 heteroatoms. The van der Waals surface area contributed by atoms with Crippen LogP contribution in [0.3, 0.4) is 0 Å². The van der Waals surface area contributed by atoms with Gasteiger partial charge in [-0.05, 0) is 12.1 Å². The number of hydrogen-bond acceptors (Lipinski definition) is 5. The Morgan fingerprint density at radius 1 is 1.50 bits per heavy atom. The Kier molecular flexibility index (Phi) is 2.82. The predicted octanol–water partition coefficient (Wildman–Crippen LogP) is 0.206. The lowest BCUT2D eigenvalue weighted by molar-refractivity contribution is -0.139. The van der Waals surface area contributed by atoms with Gasteiger partial charge in [-0.2, -0.15) is 0 Å². The highest BCUT2D eigenvalue weighted by Crippen LogP contribution is 2.34. The third-order valence-electron chi connectivity index (χ3n) is 2.09. The number of carbonyl (C=O) groups is 1. The largest absolute Gasteiger partial charge is 0.491 e. The second-order valence-electron chi connectivity index (χ2n) is 3.27. The van der Waals surface area contributed by atoms with E-state index in [4.69, 9.17) is 25.1 Å². The number of rotatable bonds is 4. The van der Waals surface area contributed by atoms with Crippen molar-refractivity contribution in [3.63, 3.8) is 0 Å². The highest BCUT2D eigenvalue weighted by atomic mass is 16.7. The van der Waals surface area contributed by atoms with E-state index < -0.39 is 12.0 Å². The Morgan fingerprint density at radius 3 is 3.00 bits per heavy atom. The molecule has 0 spiro atoms. The molecule has 0 amide bonds. The van der Waals surface area contributed by atoms with Crippen molar-refractivity contribution in [3.8, 4) is 17.2 Å². The summed E-state index contributed by atoms with van der Waals surface area (Å²) < 4.78 is 15.5. The van der Waals surface area contributed by atoms with Crippen LogP contribution in [0, 0.1) is 0 Å². The zero-order valence-corrected chi connectivity index (χ0v) is 8.38. The molecule has 0 radical (unpaired) electrons. The molecule has 1 unspecified atom stereocenters. The van der Waals surface area contributed by atoms with Gasteiger partial charge in [-0.25, -0.2) is 0 Å². The number of hydrogen-bond donors (Lipinski definition) is 2. The summed E-state index contributed by atoms with van der Waals surface area (Å²) in [6, 6.07) is 3.97. The second-order valence-corrected chi connectivity index (χ2v) is 3.27. The van der Waals surface area contributed by atoms with E-state index in [1.165, 1.54) is 0 Å². The summed E-state index contributed by atoms with van der Waals surface area (Å²) in [6.45, 7) is 0.0996. The maximum atomic E-state index is 10.5. The summed E-state index contributed by atoms with van der Waals surface area (Å²) in [7, 11) is 0. The molecular formula is C10H11NO5. The van der Waals surface area contributed by atoms with Gasteiger partial charge in [0.05, 0.1) is 0 Å². The number of ether oxygens (including phenoxy) is 3. The zero-order chi connectivity index (χ0) is 11.5. The van der Waals surface area contributed by atoms with E-state index in [1.807, 2.05) is 0 Å². The summed E-state index contributed by atoms with van der Waals surface area (Å²) in [5.74, 6) is 0.637. The Balaban J connectivity index is 1.98. The molecule has 0 bridgehead atoms. The van der Waals surface area contributed by atoms with E-state index in [0.717, 1.165) is 0 Å². The molecule has 1 aliphatic heterocycles. The smallest absolute Gasteiger partial charge is 0.324 e. The second kappa shape index (κ2) is 4.28. The number of carboxylic acids is 1. The van der Waals surface area contributed by atoms with E-state index in [2.05, 4.69) is 0 Å². The van der Waals surface area contributed by atoms with Gasteiger partial charge >= 0.3 is 5.97 Å². The van der Waals surface area contributed by atoms with Crippen LogP contribution in [0.2, 0.25) is 0 Å². The number of fused-ring (bicyclic) bond motifs is 1. The van der Waals surface area contributed by atoms with E-state index in [1.54, 1.807) is 18.2 Å². The van der Waals surface area contributed by atoms with Crippen molar-refractivity contribution in [2.24, 2.45) is 5.73 Å². The van der Waals surface area contributed by atoms with Crippen LogP contribution in [0.15, 0.2) is 18.2 Å². The van der Waals surface area contributed by atoms with Crippen LogP contribution >= 0.6 is 0 Å². The van der Waals surface area contributed by atoms with Gasteiger partial charge in [-0.3, -0.25) is 4.79 Å². The number of carboxylic acid groups (broad SMARTS) is 1. The minimum absolute atomic E-state index is 0.0883. The first-order chi connectivity index (χ1) is 7.66. The average molecular weight is 225 g/mol. The van der Waals surface area contributed by atoms with Crippen molar-refractivity contribution < 1.29 is 24.1 Å². The van der Waals surface area contributed by atoms with Gasteiger partial charge in [0.15, 0.2) is 11.5 Å². The lowest BCUT2D eigenvalue weighted by atomic mass is 10.3. The average Bonchev–Trinajstić information content (AvgIpc) is 2.72. The topological polar surface area (TPSA) is 91.0 Å². The fourth-order valence-electron chi connectivity index (χ4n) is 1.22. The van der Waals surface area contributed by atoms with Crippen molar-refractivity contribution in [3.05, 3.63) is 18.2 Å². The van der Waals surface area contributed by atoms with Gasteiger partial charge in [0.25, 0.3) is 0 Å². The maximum Gasteiger partial charge on any atom is 0.324 e. The zero-order valence-electron chi connectivity index (χ0n) is 8.38. The first-order valence-electron chi connectivity index (χ1n) is 4.67. The molecule has 6 nitrogen and oxygen atoms in total. The summed E-state index contributed by atoms with van der Waals surface area (Å²) in [6.07, 6.45) is 0. The van der Waals surface area contributed by atoms with Gasteiger partial charge in [-0.1, -0.05) is 0 Å². The molecule has 1 aliphatic rings. The Labute approximate surface area is 91.5 Å². The van der Waals surface area contributed by atoms with Crippen LogP contribution < -0.4 is 19.9 Å². The third kappa shape index (κ3) is 2.17. The predicted molar refractivity (Wildman–Crippen MR) is 53.7 cm³/mol. The van der Waals surface area contributed by atoms with Crippen LogP contribution in [0.25, 0.3) is 0 Å². The van der Waals surface area contributed by atoms with E-state index in [-0.39, 0.29) is 13.4 Å². The van der Waals surface area contributed by atoms with Crippen molar-refractivity contribution in [2.75, 3.05) is 13.4 Å². The van der Waals surface area contributed by atoms with Gasteiger partial charge in [0.2, 0.25) is 6.79 Å². The van der Waals surface area contributed by atoms with Crippen molar-refractivity contribution in [2.45, 2.75) is 6.04 Å². The minimum atomic E-state index is -1.10. The first kappa shape index (κ1) is 10.6. The molecule has 16 heavy (non-hydrogen) atoms. The van der Waals surface area contributed by atoms with E-state index in [0.29, 0.717) is 17.2 Å². The fourth-order valence-corrected chi connectivity index (χ4v) is 1.22. The van der Waals surface area contributed by atoms with Gasteiger partial charge < -0.3 is 25.1 Å². The highest BCUT2D eigenvalue weighted by Gasteiger charge is 2.15. The molecule has 1 atom stereocenters. The summed E-state index contributed by atoms with van der Waals surface area (Å²) >= 11 is 0. The third-order valence-corrected chi connectivity index (χ3v) is 2.09. The SMILES string of the molecule is NC(COc1ccc2c(c1)OCO2)C(=O)O. The molecule has 86 valence electrons. The Bertz CT molecular complexity index is 406. The number of aliphatic carboxylic acids is 1. The van der Waals surface area contributed by atoms with Crippen LogP contribution in [0.5, 0.6) is 17.2 Å². The monoisotopic (exact) mass is 225 g/mol. The molecule has 3 N–H and O–H groups in total. The van der Waals surface area contributed by atoms with E-state index >= 15 is 0 Å². The molecule has 0 aliphatic carbocycles. The van der Waals surface area contributed by atoms with Crippen LogP contribution in [0.1, 0.15) is 0 Å². The number of benzene rings is 1. The quantitative estimate of drug-likeness (QED) is 0.760. The molecule has 0 fully saturated rings. The summed E-state index contributed by atoms with van der Waals surface area (Å²) in [5.41, 5.74) is 5.30. The minimum Gasteiger partial charge on any atom is -0.491 e. The maximum absolute atomic E-state index is 10.5. The molecule has 0 aromatic heterocycles. The molecule has 2 rings (SSSR count). The standard InChI is InChI=1S/C10H11NO5/c11-7(10(12)13)4-14-6-1-2-8-9(3-6)16-5-15-8/h1-3,7H,4-5,11H2,(H,12,13). The Hall–Kier alpha value is -1.95. The van der Waals surface area contributed by atoms with Gasteiger partial charge in [0.1, 0.15) is 18.4 Å². The van der Waals surface area contributed by atoms with Gasteiger partial charge in [0, 0.05) is 6.07 Å². The molecule has 0 saturated carbocycles. The molecule has 1 aromatic carbocycles. The fraction of sp³-hybridized carbons (Fsp3) is 0.300. The molecule has 1 heterocycles. The summed E-state index contributed by atoms with van der Waals surface area (Å²) in [5, 5.41) is 8.57. The number of nitrogens with two attached hydrogens (primary N) is 1. The lowest BCUT2D eigenvalue weighted by Gasteiger charge is -2.09. The Morgan fingerprint density at radius 2 is 2.25 bits per heavy atom. The highest BCUT2D eigenvalue weighted by molar-refractivity contribution is 5.73. The van der Waals surface area contributed by atoms with Gasteiger partial charge in [-0.15, -0.1) is 0 Å². The lowest BCUT2D eigenvalue weighted by Crippen LogP contribution is -2.36. The van der Waals surface area contributed by atoms with Crippen LogP contribution in [-0.2, 0) is 4.79 Å². The normalized spacial score (nSPS) is 14.6. The van der Waals surface area contributed by atoms with Crippen molar-refractivity contribution >= 4 is 5.97 Å². The molecule has 1 aromatic rings. The first-order valence-corrected chi connectivity index (χ1v) is 4.67. The molecule has 0 saturated heterocycles. The molecular weight excluding hydrogens is 214 g/mol. The van der Waals surface area contributed by atoms with Crippen molar-refractivity contribution in [1.82, 2.24) is 0 Å². The van der Waals surface area contributed by atoms with Crippen LogP contribution in [-0.4, -0.2) is 30.5 Å². The van der Waals surface area contributed by atoms with E-state index in [9.17, 15) is 4.79 Å². The van der Waals surface area contributed by atoms with Crippen LogP contribution in [0.4, 0.5) is 0 Å². The summed E-state index contributed by atoms with van der Waals surface area (Å²) in [4.78, 5) is 10.5.